The van der Waals surface area contributed by atoms with Gasteiger partial charge in [0, 0.05) is 12.2 Å². The van der Waals surface area contributed by atoms with Crippen molar-refractivity contribution in [2.24, 2.45) is 11.8 Å². The number of aromatic carboxylic acids is 1. The smallest absolute Gasteiger partial charge is 0.358 e. The molecule has 1 aromatic heterocycles. The summed E-state index contributed by atoms with van der Waals surface area (Å²) < 4.78 is 6.57. The van der Waals surface area contributed by atoms with E-state index in [-0.39, 0.29) is 18.1 Å². The highest BCUT2D eigenvalue weighted by atomic mass is 16.5. The van der Waals surface area contributed by atoms with Crippen LogP contribution in [0.5, 0.6) is 5.75 Å². The number of carbonyl (C=O) groups excluding carboxylic acids is 1. The molecule has 1 aliphatic heterocycles. The maximum atomic E-state index is 12.9. The van der Waals surface area contributed by atoms with E-state index in [0.717, 1.165) is 23.4 Å². The quantitative estimate of drug-likeness (QED) is 0.876. The summed E-state index contributed by atoms with van der Waals surface area (Å²) in [7, 11) is 1.62. The normalized spacial score (nSPS) is 16.5. The van der Waals surface area contributed by atoms with Crippen LogP contribution in [0.1, 0.15) is 29.9 Å². The van der Waals surface area contributed by atoms with Gasteiger partial charge in [0.15, 0.2) is 5.69 Å². The van der Waals surface area contributed by atoms with E-state index in [9.17, 15) is 9.59 Å². The fourth-order valence-corrected chi connectivity index (χ4v) is 3.18. The number of carboxylic acids is 1. The minimum absolute atomic E-state index is 0.0590. The van der Waals surface area contributed by atoms with Gasteiger partial charge in [0.05, 0.1) is 13.3 Å². The Balaban J connectivity index is 1.87. The first-order chi connectivity index (χ1) is 12.4. The monoisotopic (exact) mass is 358 g/mol. The molecule has 0 fully saturated rings. The number of fused-ring (bicyclic) bond motifs is 1. The van der Waals surface area contributed by atoms with Gasteiger partial charge in [0.2, 0.25) is 5.91 Å². The molecule has 1 amide bonds. The molecule has 0 bridgehead atoms. The SMILES string of the molecule is COc1ccc2c(c1)CC(C(C)C)CN2C(=O)Cn1cc(C(=O)O)nn1. The van der Waals surface area contributed by atoms with E-state index >= 15 is 0 Å². The third-order valence-corrected chi connectivity index (χ3v) is 4.78. The standard InChI is InChI=1S/C18H22N4O4/c1-11(2)13-6-12-7-14(26-3)4-5-16(12)22(8-13)17(23)10-21-9-15(18(24)25)19-20-21/h4-5,7,9,11,13H,6,8,10H2,1-3H3,(H,24,25). The minimum atomic E-state index is -1.17. The Morgan fingerprint density at radius 1 is 1.38 bits per heavy atom. The van der Waals surface area contributed by atoms with Crippen LogP contribution in [-0.4, -0.2) is 45.6 Å². The van der Waals surface area contributed by atoms with Crippen LogP contribution in [0, 0.1) is 11.8 Å². The van der Waals surface area contributed by atoms with Crippen LogP contribution < -0.4 is 9.64 Å². The Bertz CT molecular complexity index is 830. The lowest BCUT2D eigenvalue weighted by Gasteiger charge is -2.36. The van der Waals surface area contributed by atoms with E-state index in [1.807, 2.05) is 18.2 Å². The second-order valence-corrected chi connectivity index (χ2v) is 6.81. The predicted octanol–water partition coefficient (Wildman–Crippen LogP) is 1.85. The third-order valence-electron chi connectivity index (χ3n) is 4.78. The van der Waals surface area contributed by atoms with Crippen LogP contribution >= 0.6 is 0 Å². The molecule has 0 radical (unpaired) electrons. The minimum Gasteiger partial charge on any atom is -0.497 e. The van der Waals surface area contributed by atoms with Crippen molar-refractivity contribution in [1.82, 2.24) is 15.0 Å². The van der Waals surface area contributed by atoms with Crippen molar-refractivity contribution < 1.29 is 19.4 Å². The van der Waals surface area contributed by atoms with Gasteiger partial charge in [-0.1, -0.05) is 19.1 Å². The zero-order valence-electron chi connectivity index (χ0n) is 15.0. The molecule has 1 N–H and O–H groups in total. The number of anilines is 1. The van der Waals surface area contributed by atoms with Gasteiger partial charge in [-0.3, -0.25) is 4.79 Å². The van der Waals surface area contributed by atoms with Crippen molar-refractivity contribution in [1.29, 1.82) is 0 Å². The molecular weight excluding hydrogens is 336 g/mol. The lowest BCUT2D eigenvalue weighted by molar-refractivity contribution is -0.119. The Kier molecular flexibility index (Phi) is 4.92. The summed E-state index contributed by atoms with van der Waals surface area (Å²) in [4.78, 5) is 25.6. The fourth-order valence-electron chi connectivity index (χ4n) is 3.18. The molecule has 2 aromatic rings. The lowest BCUT2D eigenvalue weighted by Crippen LogP contribution is -2.43. The molecule has 1 aromatic carbocycles. The number of amides is 1. The highest BCUT2D eigenvalue weighted by Gasteiger charge is 2.30. The number of nitrogens with zero attached hydrogens (tertiary/aromatic N) is 4. The van der Waals surface area contributed by atoms with Crippen molar-refractivity contribution in [3.05, 3.63) is 35.7 Å². The molecule has 1 aliphatic rings. The zero-order chi connectivity index (χ0) is 18.8. The van der Waals surface area contributed by atoms with Gasteiger partial charge in [0.1, 0.15) is 12.3 Å². The molecule has 0 spiro atoms. The highest BCUT2D eigenvalue weighted by Crippen LogP contribution is 2.35. The van der Waals surface area contributed by atoms with E-state index in [1.54, 1.807) is 12.0 Å². The Labute approximate surface area is 151 Å². The van der Waals surface area contributed by atoms with Gasteiger partial charge in [-0.15, -0.1) is 5.10 Å². The molecule has 138 valence electrons. The average Bonchev–Trinajstić information content (AvgIpc) is 3.08. The molecule has 26 heavy (non-hydrogen) atoms. The van der Waals surface area contributed by atoms with Crippen molar-refractivity contribution in [2.75, 3.05) is 18.6 Å². The molecule has 0 aliphatic carbocycles. The van der Waals surface area contributed by atoms with Gasteiger partial charge in [-0.05, 0) is 42.0 Å². The number of methoxy groups -OCH3 is 1. The average molecular weight is 358 g/mol. The van der Waals surface area contributed by atoms with Crippen LogP contribution in [0.15, 0.2) is 24.4 Å². The number of benzene rings is 1. The fraction of sp³-hybridized carbons (Fsp3) is 0.444. The number of carbonyl (C=O) groups is 2. The molecule has 8 heteroatoms. The third kappa shape index (κ3) is 3.54. The number of hydrogen-bond donors (Lipinski definition) is 1. The molecule has 8 nitrogen and oxygen atoms in total. The van der Waals surface area contributed by atoms with Gasteiger partial charge < -0.3 is 14.7 Å². The molecule has 1 unspecified atom stereocenters. The molecule has 2 heterocycles. The molecule has 3 rings (SSSR count). The van der Waals surface area contributed by atoms with E-state index in [2.05, 4.69) is 24.2 Å². The molecule has 0 saturated carbocycles. The summed E-state index contributed by atoms with van der Waals surface area (Å²) in [6, 6.07) is 5.71. The van der Waals surface area contributed by atoms with E-state index in [1.165, 1.54) is 10.9 Å². The summed E-state index contributed by atoms with van der Waals surface area (Å²) in [6.07, 6.45) is 2.15. The van der Waals surface area contributed by atoms with Crippen molar-refractivity contribution >= 4 is 17.6 Å². The second-order valence-electron chi connectivity index (χ2n) is 6.81. The van der Waals surface area contributed by atoms with E-state index < -0.39 is 5.97 Å². The topological polar surface area (TPSA) is 97.5 Å². The van der Waals surface area contributed by atoms with Crippen molar-refractivity contribution in [3.63, 3.8) is 0 Å². The maximum Gasteiger partial charge on any atom is 0.358 e. The Morgan fingerprint density at radius 3 is 2.77 bits per heavy atom. The zero-order valence-corrected chi connectivity index (χ0v) is 15.0. The van der Waals surface area contributed by atoms with Crippen LogP contribution in [0.4, 0.5) is 5.69 Å². The van der Waals surface area contributed by atoms with Crippen LogP contribution in [0.25, 0.3) is 0 Å². The summed E-state index contributed by atoms with van der Waals surface area (Å²) in [5, 5.41) is 16.2. The van der Waals surface area contributed by atoms with Crippen molar-refractivity contribution in [2.45, 2.75) is 26.8 Å². The largest absolute Gasteiger partial charge is 0.497 e. The first kappa shape index (κ1) is 17.9. The second kappa shape index (κ2) is 7.15. The van der Waals surface area contributed by atoms with Crippen LogP contribution in [-0.2, 0) is 17.8 Å². The number of hydrogen-bond acceptors (Lipinski definition) is 5. The lowest BCUT2D eigenvalue weighted by atomic mass is 9.84. The Morgan fingerprint density at radius 2 is 2.15 bits per heavy atom. The van der Waals surface area contributed by atoms with Gasteiger partial charge >= 0.3 is 5.97 Å². The number of aromatic nitrogens is 3. The summed E-state index contributed by atoms with van der Waals surface area (Å²) in [6.45, 7) is 4.86. The van der Waals surface area contributed by atoms with Gasteiger partial charge in [-0.25, -0.2) is 9.48 Å². The van der Waals surface area contributed by atoms with Crippen LogP contribution in [0.3, 0.4) is 0 Å². The first-order valence-electron chi connectivity index (χ1n) is 8.49. The predicted molar refractivity (Wildman–Crippen MR) is 94.4 cm³/mol. The maximum absolute atomic E-state index is 12.9. The first-order valence-corrected chi connectivity index (χ1v) is 8.49. The van der Waals surface area contributed by atoms with Crippen LogP contribution in [0.2, 0.25) is 0 Å². The molecule has 0 saturated heterocycles. The number of rotatable bonds is 5. The summed E-state index contributed by atoms with van der Waals surface area (Å²) in [5.74, 6) is 0.212. The Hall–Kier alpha value is -2.90. The molecular formula is C18H22N4O4. The summed E-state index contributed by atoms with van der Waals surface area (Å²) in [5.41, 5.74) is 1.76. The van der Waals surface area contributed by atoms with Gasteiger partial charge in [0.25, 0.3) is 0 Å². The van der Waals surface area contributed by atoms with Crippen molar-refractivity contribution in [3.8, 4) is 5.75 Å². The van der Waals surface area contributed by atoms with E-state index in [4.69, 9.17) is 9.84 Å². The van der Waals surface area contributed by atoms with E-state index in [0.29, 0.717) is 18.4 Å². The molecule has 1 atom stereocenters. The highest BCUT2D eigenvalue weighted by molar-refractivity contribution is 5.94. The summed E-state index contributed by atoms with van der Waals surface area (Å²) >= 11 is 0. The number of ether oxygens (including phenoxy) is 1. The van der Waals surface area contributed by atoms with Gasteiger partial charge in [-0.2, -0.15) is 0 Å². The number of carboxylic acid groups (broad SMARTS) is 1.